The van der Waals surface area contributed by atoms with E-state index in [1.165, 1.54) is 0 Å². The van der Waals surface area contributed by atoms with Gasteiger partial charge in [-0.15, -0.1) is 11.3 Å². The first kappa shape index (κ1) is 15.2. The molecule has 7 heteroatoms. The molecule has 0 aliphatic carbocycles. The Balaban J connectivity index is 1.99. The average molecular weight is 358 g/mol. The van der Waals surface area contributed by atoms with Gasteiger partial charge >= 0.3 is 0 Å². The van der Waals surface area contributed by atoms with Gasteiger partial charge in [-0.1, -0.05) is 41.9 Å². The Morgan fingerprint density at radius 1 is 1.38 bits per heavy atom. The molecule has 0 bridgehead atoms. The van der Waals surface area contributed by atoms with Crippen molar-refractivity contribution in [1.82, 2.24) is 14.7 Å². The summed E-state index contributed by atoms with van der Waals surface area (Å²) in [5.74, 6) is 0. The van der Waals surface area contributed by atoms with Crippen molar-refractivity contribution in [3.05, 3.63) is 45.5 Å². The number of hydrogen-bond acceptors (Lipinski definition) is 4. The smallest absolute Gasteiger partial charge is 0.194 e. The van der Waals surface area contributed by atoms with Gasteiger partial charge < -0.3 is 5.32 Å². The van der Waals surface area contributed by atoms with Crippen LogP contribution in [0.1, 0.15) is 12.6 Å². The van der Waals surface area contributed by atoms with Crippen molar-refractivity contribution in [3.63, 3.8) is 0 Å². The molecule has 0 saturated carbocycles. The first-order valence-corrected chi connectivity index (χ1v) is 8.92. The van der Waals surface area contributed by atoms with Gasteiger partial charge in [-0.3, -0.25) is 4.40 Å². The Labute approximate surface area is 141 Å². The molecule has 0 amide bonds. The summed E-state index contributed by atoms with van der Waals surface area (Å²) >= 11 is 15.5. The number of halogens is 2. The van der Waals surface area contributed by atoms with Crippen LogP contribution in [-0.2, 0) is 6.54 Å². The van der Waals surface area contributed by atoms with Crippen molar-refractivity contribution < 1.29 is 0 Å². The fourth-order valence-electron chi connectivity index (χ4n) is 1.96. The Morgan fingerprint density at radius 2 is 2.24 bits per heavy atom. The fraction of sp³-hybridized carbons (Fsp3) is 0.214. The van der Waals surface area contributed by atoms with Gasteiger partial charge in [0.15, 0.2) is 4.96 Å². The van der Waals surface area contributed by atoms with E-state index in [1.807, 2.05) is 23.7 Å². The van der Waals surface area contributed by atoms with E-state index in [0.29, 0.717) is 10.0 Å². The molecule has 3 nitrogen and oxygen atoms in total. The molecule has 1 N–H and O–H groups in total. The maximum atomic E-state index is 6.25. The first-order chi connectivity index (χ1) is 10.2. The number of aromatic nitrogens is 2. The third kappa shape index (κ3) is 3.22. The van der Waals surface area contributed by atoms with Crippen LogP contribution in [0.2, 0.25) is 10.0 Å². The molecule has 0 unspecified atom stereocenters. The number of nitrogens with zero attached hydrogens (tertiary/aromatic N) is 2. The number of hydrogen-bond donors (Lipinski definition) is 1. The minimum atomic E-state index is 0.677. The van der Waals surface area contributed by atoms with Crippen LogP contribution in [0.4, 0.5) is 0 Å². The summed E-state index contributed by atoms with van der Waals surface area (Å²) in [7, 11) is 0. The predicted octanol–water partition coefficient (Wildman–Crippen LogP) is 4.96. The van der Waals surface area contributed by atoms with E-state index in [-0.39, 0.29) is 0 Å². The monoisotopic (exact) mass is 357 g/mol. The molecule has 2 aromatic heterocycles. The summed E-state index contributed by atoms with van der Waals surface area (Å²) in [6.07, 6.45) is 2.04. The molecular formula is C14H13Cl2N3S2. The third-order valence-corrected chi connectivity index (χ3v) is 5.48. The first-order valence-electron chi connectivity index (χ1n) is 6.47. The standard InChI is InChI=1S/C14H13Cl2N3S2/c1-2-17-8-11-13(18-14-19(11)5-6-20-14)21-12-7-9(15)3-4-10(12)16/h3-7,17H,2,8H2,1H3. The van der Waals surface area contributed by atoms with Crippen LogP contribution in [0, 0.1) is 0 Å². The van der Waals surface area contributed by atoms with Gasteiger partial charge in [0, 0.05) is 28.0 Å². The molecule has 0 saturated heterocycles. The molecule has 0 aliphatic rings. The highest BCUT2D eigenvalue weighted by Gasteiger charge is 2.15. The van der Waals surface area contributed by atoms with Crippen molar-refractivity contribution >= 4 is 51.3 Å². The van der Waals surface area contributed by atoms with Gasteiger partial charge in [-0.25, -0.2) is 4.98 Å². The molecule has 1 aromatic carbocycles. The van der Waals surface area contributed by atoms with Crippen LogP contribution >= 0.6 is 46.3 Å². The molecule has 110 valence electrons. The number of fused-ring (bicyclic) bond motifs is 1. The second-order valence-corrected chi connectivity index (χ2v) is 7.12. The largest absolute Gasteiger partial charge is 0.311 e. The number of imidazole rings is 1. The molecule has 3 aromatic rings. The second-order valence-electron chi connectivity index (χ2n) is 4.38. The highest BCUT2D eigenvalue weighted by atomic mass is 35.5. The van der Waals surface area contributed by atoms with Gasteiger partial charge in [0.1, 0.15) is 5.03 Å². The van der Waals surface area contributed by atoms with Crippen LogP contribution < -0.4 is 5.32 Å². The predicted molar refractivity (Wildman–Crippen MR) is 91.0 cm³/mol. The van der Waals surface area contributed by atoms with Gasteiger partial charge in [0.05, 0.1) is 10.7 Å². The Hall–Kier alpha value is -0.720. The summed E-state index contributed by atoms with van der Waals surface area (Å²) in [6, 6.07) is 5.48. The van der Waals surface area contributed by atoms with E-state index in [2.05, 4.69) is 16.6 Å². The molecular weight excluding hydrogens is 345 g/mol. The summed E-state index contributed by atoms with van der Waals surface area (Å²) in [5.41, 5.74) is 1.15. The van der Waals surface area contributed by atoms with Crippen LogP contribution in [0.15, 0.2) is 39.7 Å². The minimum absolute atomic E-state index is 0.677. The SMILES string of the molecule is CCNCc1c(Sc2cc(Cl)ccc2Cl)nc2sccn12. The number of rotatable bonds is 5. The highest BCUT2D eigenvalue weighted by molar-refractivity contribution is 7.99. The topological polar surface area (TPSA) is 29.3 Å². The van der Waals surface area contributed by atoms with Gasteiger partial charge in [-0.05, 0) is 24.7 Å². The summed E-state index contributed by atoms with van der Waals surface area (Å²) < 4.78 is 2.12. The third-order valence-electron chi connectivity index (χ3n) is 2.97. The van der Waals surface area contributed by atoms with E-state index >= 15 is 0 Å². The van der Waals surface area contributed by atoms with Crippen molar-refractivity contribution in [3.8, 4) is 0 Å². The van der Waals surface area contributed by atoms with Crippen molar-refractivity contribution in [2.75, 3.05) is 6.54 Å². The Kier molecular flexibility index (Phi) is 4.76. The normalized spacial score (nSPS) is 11.4. The van der Waals surface area contributed by atoms with Gasteiger partial charge in [-0.2, -0.15) is 0 Å². The van der Waals surface area contributed by atoms with Crippen molar-refractivity contribution in [2.45, 2.75) is 23.4 Å². The molecule has 0 aliphatic heterocycles. The molecule has 2 heterocycles. The Morgan fingerprint density at radius 3 is 3.05 bits per heavy atom. The molecule has 3 rings (SSSR count). The van der Waals surface area contributed by atoms with Crippen LogP contribution in [0.3, 0.4) is 0 Å². The second kappa shape index (κ2) is 6.58. The quantitative estimate of drug-likeness (QED) is 0.699. The lowest BCUT2D eigenvalue weighted by Crippen LogP contribution is -2.13. The van der Waals surface area contributed by atoms with E-state index < -0.39 is 0 Å². The summed E-state index contributed by atoms with van der Waals surface area (Å²) in [6.45, 7) is 3.78. The highest BCUT2D eigenvalue weighted by Crippen LogP contribution is 2.37. The Bertz CT molecular complexity index is 767. The molecule has 0 radical (unpaired) electrons. The minimum Gasteiger partial charge on any atom is -0.311 e. The van der Waals surface area contributed by atoms with E-state index in [0.717, 1.165) is 33.7 Å². The van der Waals surface area contributed by atoms with Crippen LogP contribution in [-0.4, -0.2) is 15.9 Å². The lowest BCUT2D eigenvalue weighted by molar-refractivity contribution is 0.694. The lowest BCUT2D eigenvalue weighted by Gasteiger charge is -2.06. The summed E-state index contributed by atoms with van der Waals surface area (Å²) in [4.78, 5) is 6.61. The number of thiazole rings is 1. The van der Waals surface area contributed by atoms with Crippen LogP contribution in [0.5, 0.6) is 0 Å². The maximum absolute atomic E-state index is 6.25. The molecule has 0 atom stereocenters. The lowest BCUT2D eigenvalue weighted by atomic mass is 10.4. The van der Waals surface area contributed by atoms with Crippen molar-refractivity contribution in [1.29, 1.82) is 0 Å². The fourth-order valence-corrected chi connectivity index (χ4v) is 4.20. The van der Waals surface area contributed by atoms with Crippen LogP contribution in [0.25, 0.3) is 4.96 Å². The van der Waals surface area contributed by atoms with E-state index in [4.69, 9.17) is 28.2 Å². The summed E-state index contributed by atoms with van der Waals surface area (Å²) in [5, 5.41) is 7.73. The molecule has 21 heavy (non-hydrogen) atoms. The number of benzene rings is 1. The molecule has 0 fully saturated rings. The zero-order chi connectivity index (χ0) is 14.8. The maximum Gasteiger partial charge on any atom is 0.194 e. The van der Waals surface area contributed by atoms with E-state index in [1.54, 1.807) is 29.2 Å². The zero-order valence-electron chi connectivity index (χ0n) is 11.3. The van der Waals surface area contributed by atoms with Crippen molar-refractivity contribution in [2.24, 2.45) is 0 Å². The van der Waals surface area contributed by atoms with Gasteiger partial charge in [0.2, 0.25) is 0 Å². The number of nitrogens with one attached hydrogen (secondary N) is 1. The molecule has 0 spiro atoms. The zero-order valence-corrected chi connectivity index (χ0v) is 14.4. The average Bonchev–Trinajstić information content (AvgIpc) is 3.02. The van der Waals surface area contributed by atoms with Gasteiger partial charge in [0.25, 0.3) is 0 Å². The van der Waals surface area contributed by atoms with E-state index in [9.17, 15) is 0 Å².